The molecule has 1 saturated carbocycles. The Bertz CT molecular complexity index is 700. The van der Waals surface area contributed by atoms with E-state index in [0.717, 1.165) is 25.8 Å². The molecule has 1 fully saturated rings. The number of hydrogen-bond acceptors (Lipinski definition) is 3. The molecule has 0 saturated heterocycles. The molecule has 2 aromatic heterocycles. The summed E-state index contributed by atoms with van der Waals surface area (Å²) < 4.78 is 1.92. The van der Waals surface area contributed by atoms with E-state index < -0.39 is 0 Å². The van der Waals surface area contributed by atoms with Crippen LogP contribution in [-0.4, -0.2) is 22.4 Å². The second kappa shape index (κ2) is 7.66. The molecule has 1 aliphatic carbocycles. The molecule has 2 heterocycles. The van der Waals surface area contributed by atoms with Gasteiger partial charge >= 0.3 is 0 Å². The Morgan fingerprint density at radius 3 is 2.71 bits per heavy atom. The fraction of sp³-hybridized carbons (Fsp3) is 0.444. The number of nitrogens with zero attached hydrogens (tertiary/aromatic N) is 1. The Balaban J connectivity index is 1.80. The van der Waals surface area contributed by atoms with Crippen LogP contribution >= 0.6 is 11.3 Å². The van der Waals surface area contributed by atoms with Crippen LogP contribution in [0.1, 0.15) is 59.2 Å². The number of carbonyl (C=O) groups is 2. The average Bonchev–Trinajstić information content (AvgIpc) is 3.28. The monoisotopic (exact) mass is 345 g/mol. The molecule has 2 aromatic rings. The van der Waals surface area contributed by atoms with Crippen molar-refractivity contribution in [3.63, 3.8) is 0 Å². The van der Waals surface area contributed by atoms with E-state index in [1.54, 1.807) is 6.07 Å². The highest BCUT2D eigenvalue weighted by atomic mass is 32.1. The van der Waals surface area contributed by atoms with Gasteiger partial charge in [-0.1, -0.05) is 25.8 Å². The summed E-state index contributed by atoms with van der Waals surface area (Å²) in [4.78, 5) is 25.7. The molecule has 0 aliphatic heterocycles. The molecule has 24 heavy (non-hydrogen) atoms. The van der Waals surface area contributed by atoms with E-state index in [1.165, 1.54) is 24.2 Å². The van der Waals surface area contributed by atoms with Crippen molar-refractivity contribution < 1.29 is 9.59 Å². The first kappa shape index (κ1) is 16.8. The quantitative estimate of drug-likeness (QED) is 0.834. The molecule has 1 aliphatic rings. The Morgan fingerprint density at radius 2 is 2.04 bits per heavy atom. The maximum atomic E-state index is 12.8. The predicted molar refractivity (Wildman–Crippen MR) is 96.7 cm³/mol. The summed E-state index contributed by atoms with van der Waals surface area (Å²) in [6.07, 6.45) is 7.22. The lowest BCUT2D eigenvalue weighted by Crippen LogP contribution is -2.34. The second-order valence-corrected chi connectivity index (χ2v) is 7.11. The van der Waals surface area contributed by atoms with E-state index in [9.17, 15) is 9.59 Å². The normalized spacial score (nSPS) is 14.7. The number of aryl methyl sites for hydroxylation is 1. The molecule has 2 amide bonds. The number of thiophene rings is 1. The van der Waals surface area contributed by atoms with Gasteiger partial charge in [-0.3, -0.25) is 9.59 Å². The Kier molecular flexibility index (Phi) is 5.35. The number of hydrogen-bond donors (Lipinski definition) is 2. The van der Waals surface area contributed by atoms with Gasteiger partial charge in [-0.2, -0.15) is 0 Å². The van der Waals surface area contributed by atoms with Gasteiger partial charge in [0.15, 0.2) is 0 Å². The van der Waals surface area contributed by atoms with Crippen LogP contribution in [0.3, 0.4) is 0 Å². The van der Waals surface area contributed by atoms with E-state index in [4.69, 9.17) is 0 Å². The molecule has 3 rings (SSSR count). The highest BCUT2D eigenvalue weighted by Crippen LogP contribution is 2.23. The summed E-state index contributed by atoms with van der Waals surface area (Å²) in [5.74, 6) is -0.268. The van der Waals surface area contributed by atoms with Crippen molar-refractivity contribution in [3.8, 4) is 0 Å². The lowest BCUT2D eigenvalue weighted by molar-refractivity contribution is 0.0929. The van der Waals surface area contributed by atoms with Crippen molar-refractivity contribution in [1.29, 1.82) is 0 Å². The zero-order chi connectivity index (χ0) is 16.9. The number of rotatable bonds is 6. The van der Waals surface area contributed by atoms with Crippen molar-refractivity contribution in [2.75, 3.05) is 5.32 Å². The van der Waals surface area contributed by atoms with Crippen molar-refractivity contribution in [3.05, 3.63) is 40.3 Å². The number of amides is 2. The molecule has 6 heteroatoms. The molecule has 0 aromatic carbocycles. The molecule has 0 atom stereocenters. The van der Waals surface area contributed by atoms with Crippen LogP contribution in [0, 0.1) is 0 Å². The van der Waals surface area contributed by atoms with Gasteiger partial charge in [-0.15, -0.1) is 11.3 Å². The fourth-order valence-electron chi connectivity index (χ4n) is 3.17. The van der Waals surface area contributed by atoms with Crippen molar-refractivity contribution >= 4 is 28.8 Å². The SMILES string of the molecule is CCCn1ccc(NC(=O)c2cccs2)c1C(=O)NC1CCCC1. The molecular formula is C18H23N3O2S. The Labute approximate surface area is 146 Å². The zero-order valence-corrected chi connectivity index (χ0v) is 14.7. The summed E-state index contributed by atoms with van der Waals surface area (Å²) >= 11 is 1.39. The smallest absolute Gasteiger partial charge is 0.270 e. The summed E-state index contributed by atoms with van der Waals surface area (Å²) in [6.45, 7) is 2.82. The predicted octanol–water partition coefficient (Wildman–Crippen LogP) is 3.88. The van der Waals surface area contributed by atoms with Crippen LogP contribution in [0.5, 0.6) is 0 Å². The molecule has 0 bridgehead atoms. The lowest BCUT2D eigenvalue weighted by atomic mass is 10.2. The van der Waals surface area contributed by atoms with Gasteiger partial charge in [-0.05, 0) is 36.8 Å². The third-order valence-electron chi connectivity index (χ3n) is 4.33. The molecule has 0 radical (unpaired) electrons. The van der Waals surface area contributed by atoms with Gasteiger partial charge in [0.25, 0.3) is 11.8 Å². The average molecular weight is 345 g/mol. The number of nitrogens with one attached hydrogen (secondary N) is 2. The third kappa shape index (κ3) is 3.70. The van der Waals surface area contributed by atoms with Crippen LogP contribution < -0.4 is 10.6 Å². The molecule has 2 N–H and O–H groups in total. The van der Waals surface area contributed by atoms with E-state index in [0.29, 0.717) is 16.3 Å². The van der Waals surface area contributed by atoms with Gasteiger partial charge in [-0.25, -0.2) is 0 Å². The fourth-order valence-corrected chi connectivity index (χ4v) is 3.79. The van der Waals surface area contributed by atoms with Crippen LogP contribution in [0.2, 0.25) is 0 Å². The molecular weight excluding hydrogens is 322 g/mol. The Morgan fingerprint density at radius 1 is 1.25 bits per heavy atom. The number of aromatic nitrogens is 1. The van der Waals surface area contributed by atoms with Gasteiger partial charge in [0, 0.05) is 18.8 Å². The van der Waals surface area contributed by atoms with E-state index >= 15 is 0 Å². The molecule has 0 unspecified atom stereocenters. The number of anilines is 1. The van der Waals surface area contributed by atoms with Crippen LogP contribution in [0.4, 0.5) is 5.69 Å². The second-order valence-electron chi connectivity index (χ2n) is 6.16. The largest absolute Gasteiger partial charge is 0.348 e. The van der Waals surface area contributed by atoms with Crippen LogP contribution in [-0.2, 0) is 6.54 Å². The van der Waals surface area contributed by atoms with Gasteiger partial charge in [0.1, 0.15) is 5.69 Å². The highest BCUT2D eigenvalue weighted by molar-refractivity contribution is 7.12. The maximum Gasteiger partial charge on any atom is 0.270 e. The highest BCUT2D eigenvalue weighted by Gasteiger charge is 2.23. The summed E-state index contributed by atoms with van der Waals surface area (Å²) in [5, 5.41) is 7.87. The minimum atomic E-state index is -0.172. The minimum absolute atomic E-state index is 0.0955. The van der Waals surface area contributed by atoms with E-state index in [1.807, 2.05) is 28.3 Å². The minimum Gasteiger partial charge on any atom is -0.348 e. The van der Waals surface area contributed by atoms with E-state index in [2.05, 4.69) is 17.6 Å². The first-order valence-electron chi connectivity index (χ1n) is 8.54. The lowest BCUT2D eigenvalue weighted by Gasteiger charge is -2.15. The topological polar surface area (TPSA) is 63.1 Å². The van der Waals surface area contributed by atoms with Gasteiger partial charge in [0.05, 0.1) is 10.6 Å². The summed E-state index contributed by atoms with van der Waals surface area (Å²) in [5.41, 5.74) is 1.13. The molecule has 5 nitrogen and oxygen atoms in total. The maximum absolute atomic E-state index is 12.8. The van der Waals surface area contributed by atoms with Crippen molar-refractivity contribution in [2.45, 2.75) is 51.6 Å². The first-order valence-corrected chi connectivity index (χ1v) is 9.42. The zero-order valence-electron chi connectivity index (χ0n) is 13.9. The summed E-state index contributed by atoms with van der Waals surface area (Å²) in [7, 11) is 0. The number of carbonyl (C=O) groups excluding carboxylic acids is 2. The third-order valence-corrected chi connectivity index (χ3v) is 5.20. The van der Waals surface area contributed by atoms with Gasteiger partial charge < -0.3 is 15.2 Å². The molecule has 128 valence electrons. The summed E-state index contributed by atoms with van der Waals surface area (Å²) in [6, 6.07) is 5.69. The first-order chi connectivity index (χ1) is 11.7. The Hall–Kier alpha value is -2.08. The van der Waals surface area contributed by atoms with E-state index in [-0.39, 0.29) is 17.9 Å². The standard InChI is InChI=1S/C18H23N3O2S/c1-2-10-21-11-9-14(20-17(22)15-8-5-12-24-15)16(21)18(23)19-13-6-3-4-7-13/h5,8-9,11-13H,2-4,6-7,10H2,1H3,(H,19,23)(H,20,22). The van der Waals surface area contributed by atoms with Crippen LogP contribution in [0.25, 0.3) is 0 Å². The van der Waals surface area contributed by atoms with Crippen LogP contribution in [0.15, 0.2) is 29.8 Å². The van der Waals surface area contributed by atoms with Crippen molar-refractivity contribution in [1.82, 2.24) is 9.88 Å². The van der Waals surface area contributed by atoms with Gasteiger partial charge in [0.2, 0.25) is 0 Å². The van der Waals surface area contributed by atoms with Crippen molar-refractivity contribution in [2.24, 2.45) is 0 Å². The molecule has 0 spiro atoms.